The Morgan fingerprint density at radius 2 is 1.88 bits per heavy atom. The van der Waals surface area contributed by atoms with Gasteiger partial charge in [0.25, 0.3) is 0 Å². The number of carboxylic acid groups (broad SMARTS) is 1. The molecule has 0 rings (SSSR count). The summed E-state index contributed by atoms with van der Waals surface area (Å²) in [5.74, 6) is -1.85. The number of alkyl halides is 3. The zero-order valence-electron chi connectivity index (χ0n) is 8.34. The minimum absolute atomic E-state index is 0.116. The highest BCUT2D eigenvalue weighted by atomic mass is 19.4. The predicted molar refractivity (Wildman–Crippen MR) is 46.8 cm³/mol. The van der Waals surface area contributed by atoms with Crippen molar-refractivity contribution in [2.45, 2.75) is 19.0 Å². The molecule has 0 atom stereocenters. The van der Waals surface area contributed by atoms with Crippen molar-refractivity contribution >= 4 is 11.9 Å². The van der Waals surface area contributed by atoms with Crippen molar-refractivity contribution in [3.63, 3.8) is 0 Å². The summed E-state index contributed by atoms with van der Waals surface area (Å²) in [6.07, 6.45) is -5.41. The van der Waals surface area contributed by atoms with Crippen LogP contribution < -0.4 is 5.32 Å². The Balaban J connectivity index is 3.41. The van der Waals surface area contributed by atoms with Crippen molar-refractivity contribution in [3.05, 3.63) is 0 Å². The molecule has 0 saturated carbocycles. The van der Waals surface area contributed by atoms with Gasteiger partial charge in [0, 0.05) is 13.0 Å². The Kier molecular flexibility index (Phi) is 6.47. The van der Waals surface area contributed by atoms with Crippen molar-refractivity contribution in [1.82, 2.24) is 5.32 Å². The Morgan fingerprint density at radius 3 is 2.38 bits per heavy atom. The summed E-state index contributed by atoms with van der Waals surface area (Å²) in [4.78, 5) is 20.8. The SMILES string of the molecule is O=C(O)COCC(=O)NCCCC(F)(F)F. The maximum Gasteiger partial charge on any atom is 0.389 e. The molecular formula is C8H12F3NO4. The Labute approximate surface area is 89.6 Å². The number of carbonyl (C=O) groups is 2. The van der Waals surface area contributed by atoms with Gasteiger partial charge in [0.15, 0.2) is 0 Å². The molecule has 0 aromatic rings. The first-order valence-electron chi connectivity index (χ1n) is 4.44. The number of carbonyl (C=O) groups excluding carboxylic acids is 1. The standard InChI is InChI=1S/C8H12F3NO4/c9-8(10,11)2-1-3-12-6(13)4-16-5-7(14)15/h1-5H2,(H,12,13)(H,14,15). The lowest BCUT2D eigenvalue weighted by atomic mass is 10.3. The van der Waals surface area contributed by atoms with Gasteiger partial charge in [-0.1, -0.05) is 0 Å². The number of amides is 1. The van der Waals surface area contributed by atoms with E-state index in [0.717, 1.165) is 0 Å². The third-order valence-electron chi connectivity index (χ3n) is 1.42. The molecule has 0 aliphatic heterocycles. The molecule has 5 nitrogen and oxygen atoms in total. The van der Waals surface area contributed by atoms with E-state index in [0.29, 0.717) is 0 Å². The second-order valence-electron chi connectivity index (χ2n) is 2.96. The van der Waals surface area contributed by atoms with Crippen LogP contribution in [0.1, 0.15) is 12.8 Å². The van der Waals surface area contributed by atoms with Crippen LogP contribution in [0.4, 0.5) is 13.2 Å². The average Bonchev–Trinajstić information content (AvgIpc) is 2.10. The summed E-state index contributed by atoms with van der Waals surface area (Å²) < 4.78 is 39.4. The molecule has 0 aliphatic carbocycles. The minimum atomic E-state index is -4.23. The van der Waals surface area contributed by atoms with Crippen molar-refractivity contribution in [3.8, 4) is 0 Å². The molecule has 16 heavy (non-hydrogen) atoms. The van der Waals surface area contributed by atoms with Gasteiger partial charge in [-0.15, -0.1) is 0 Å². The molecule has 0 aromatic carbocycles. The number of halogens is 3. The quantitative estimate of drug-likeness (QED) is 0.640. The number of carboxylic acids is 1. The van der Waals surface area contributed by atoms with E-state index in [1.54, 1.807) is 0 Å². The van der Waals surface area contributed by atoms with Gasteiger partial charge in [-0.05, 0) is 6.42 Å². The van der Waals surface area contributed by atoms with Crippen molar-refractivity contribution in [2.75, 3.05) is 19.8 Å². The summed E-state index contributed by atoms with van der Waals surface area (Å²) >= 11 is 0. The van der Waals surface area contributed by atoms with E-state index in [-0.39, 0.29) is 13.0 Å². The highest BCUT2D eigenvalue weighted by molar-refractivity contribution is 5.77. The number of nitrogens with one attached hydrogen (secondary N) is 1. The van der Waals surface area contributed by atoms with E-state index in [1.165, 1.54) is 0 Å². The number of hydrogen-bond donors (Lipinski definition) is 2. The lowest BCUT2D eigenvalue weighted by molar-refractivity contribution is -0.144. The molecule has 0 heterocycles. The predicted octanol–water partition coefficient (Wildman–Crippen LogP) is 0.546. The highest BCUT2D eigenvalue weighted by Crippen LogP contribution is 2.20. The number of rotatable bonds is 7. The molecule has 0 aromatic heterocycles. The molecule has 0 aliphatic rings. The Morgan fingerprint density at radius 1 is 1.25 bits per heavy atom. The molecule has 2 N–H and O–H groups in total. The average molecular weight is 243 g/mol. The molecular weight excluding hydrogens is 231 g/mol. The third-order valence-corrected chi connectivity index (χ3v) is 1.42. The summed E-state index contributed by atoms with van der Waals surface area (Å²) in [5, 5.41) is 10.3. The maximum absolute atomic E-state index is 11.7. The number of aliphatic carboxylic acids is 1. The van der Waals surface area contributed by atoms with E-state index in [1.807, 2.05) is 0 Å². The van der Waals surface area contributed by atoms with Gasteiger partial charge in [0.1, 0.15) is 13.2 Å². The van der Waals surface area contributed by atoms with Crippen LogP contribution in [0.2, 0.25) is 0 Å². The van der Waals surface area contributed by atoms with E-state index >= 15 is 0 Å². The first-order chi connectivity index (χ1) is 7.31. The van der Waals surface area contributed by atoms with Crippen LogP contribution in [-0.4, -0.2) is 42.9 Å². The van der Waals surface area contributed by atoms with Gasteiger partial charge in [0.05, 0.1) is 0 Å². The maximum atomic E-state index is 11.7. The lowest BCUT2D eigenvalue weighted by Crippen LogP contribution is -2.30. The van der Waals surface area contributed by atoms with Crippen LogP contribution in [0.25, 0.3) is 0 Å². The molecule has 0 radical (unpaired) electrons. The van der Waals surface area contributed by atoms with Crippen LogP contribution in [0, 0.1) is 0 Å². The van der Waals surface area contributed by atoms with Gasteiger partial charge >= 0.3 is 12.1 Å². The second kappa shape index (κ2) is 7.04. The monoisotopic (exact) mass is 243 g/mol. The molecule has 0 unspecified atom stereocenters. The normalized spacial score (nSPS) is 11.2. The van der Waals surface area contributed by atoms with Gasteiger partial charge in [-0.3, -0.25) is 4.79 Å². The largest absolute Gasteiger partial charge is 0.480 e. The Hall–Kier alpha value is -1.31. The number of hydrogen-bond acceptors (Lipinski definition) is 3. The fourth-order valence-corrected chi connectivity index (χ4v) is 0.799. The van der Waals surface area contributed by atoms with Crippen molar-refractivity contribution in [2.24, 2.45) is 0 Å². The molecule has 0 bridgehead atoms. The fraction of sp³-hybridized carbons (Fsp3) is 0.750. The first kappa shape index (κ1) is 14.7. The van der Waals surface area contributed by atoms with Crippen LogP contribution in [0.5, 0.6) is 0 Å². The number of ether oxygens (including phenoxy) is 1. The summed E-state index contributed by atoms with van der Waals surface area (Å²) in [6.45, 7) is -1.21. The summed E-state index contributed by atoms with van der Waals surface area (Å²) in [7, 11) is 0. The lowest BCUT2D eigenvalue weighted by Gasteiger charge is -2.07. The van der Waals surface area contributed by atoms with Gasteiger partial charge < -0.3 is 15.2 Å². The van der Waals surface area contributed by atoms with Crippen LogP contribution in [-0.2, 0) is 14.3 Å². The zero-order valence-corrected chi connectivity index (χ0v) is 8.34. The van der Waals surface area contributed by atoms with Gasteiger partial charge in [-0.2, -0.15) is 13.2 Å². The van der Waals surface area contributed by atoms with E-state index in [9.17, 15) is 22.8 Å². The second-order valence-corrected chi connectivity index (χ2v) is 2.96. The molecule has 0 saturated heterocycles. The molecule has 8 heteroatoms. The summed E-state index contributed by atoms with van der Waals surface area (Å²) in [5.41, 5.74) is 0. The van der Waals surface area contributed by atoms with Crippen LogP contribution in [0.3, 0.4) is 0 Å². The van der Waals surface area contributed by atoms with E-state index < -0.39 is 37.7 Å². The molecule has 0 spiro atoms. The van der Waals surface area contributed by atoms with E-state index in [4.69, 9.17) is 5.11 Å². The third kappa shape index (κ3) is 10.8. The fourth-order valence-electron chi connectivity index (χ4n) is 0.799. The summed E-state index contributed by atoms with van der Waals surface area (Å²) in [6, 6.07) is 0. The first-order valence-corrected chi connectivity index (χ1v) is 4.44. The van der Waals surface area contributed by atoms with Gasteiger partial charge in [0.2, 0.25) is 5.91 Å². The van der Waals surface area contributed by atoms with Crippen molar-refractivity contribution in [1.29, 1.82) is 0 Å². The minimum Gasteiger partial charge on any atom is -0.480 e. The van der Waals surface area contributed by atoms with Crippen molar-refractivity contribution < 1.29 is 32.6 Å². The van der Waals surface area contributed by atoms with Crippen LogP contribution in [0.15, 0.2) is 0 Å². The van der Waals surface area contributed by atoms with E-state index in [2.05, 4.69) is 10.1 Å². The zero-order chi connectivity index (χ0) is 12.6. The highest BCUT2D eigenvalue weighted by Gasteiger charge is 2.25. The Bertz CT molecular complexity index is 242. The molecule has 0 fully saturated rings. The van der Waals surface area contributed by atoms with Crippen LogP contribution >= 0.6 is 0 Å². The molecule has 1 amide bonds. The topological polar surface area (TPSA) is 75.6 Å². The smallest absolute Gasteiger partial charge is 0.389 e. The molecule has 94 valence electrons. The van der Waals surface area contributed by atoms with Gasteiger partial charge in [-0.25, -0.2) is 4.79 Å².